The van der Waals surface area contributed by atoms with Gasteiger partial charge in [0.2, 0.25) is 5.95 Å². The minimum Gasteiger partial charge on any atom is -0.495 e. The van der Waals surface area contributed by atoms with E-state index in [1.54, 1.807) is 24.5 Å². The first-order chi connectivity index (χ1) is 13.6. The molecule has 8 nitrogen and oxygen atoms in total. The predicted octanol–water partition coefficient (Wildman–Crippen LogP) is 3.22. The van der Waals surface area contributed by atoms with Gasteiger partial charge in [0.1, 0.15) is 11.5 Å². The van der Waals surface area contributed by atoms with Crippen LogP contribution in [0.3, 0.4) is 0 Å². The molecule has 2 aromatic heterocycles. The van der Waals surface area contributed by atoms with Gasteiger partial charge >= 0.3 is 0 Å². The van der Waals surface area contributed by atoms with E-state index in [9.17, 15) is 4.79 Å². The summed E-state index contributed by atoms with van der Waals surface area (Å²) in [6, 6.07) is 7.00. The molecule has 0 aliphatic heterocycles. The molecule has 0 aliphatic rings. The first-order valence-corrected chi connectivity index (χ1v) is 8.66. The number of carbonyl (C=O) groups excluding carboxylic acids is 1. The summed E-state index contributed by atoms with van der Waals surface area (Å²) >= 11 is 6.10. The number of hydrogen-bond donors (Lipinski definition) is 2. The number of aromatic nitrogens is 3. The highest BCUT2D eigenvalue weighted by molar-refractivity contribution is 6.32. The maximum absolute atomic E-state index is 12.2. The fraction of sp³-hybridized carbons (Fsp3) is 0.158. The molecule has 1 amide bonds. The number of ether oxygens (including phenoxy) is 2. The average Bonchev–Trinajstić information content (AvgIpc) is 2.74. The second-order valence-electron chi connectivity index (χ2n) is 5.65. The number of nitrogens with one attached hydrogen (secondary N) is 2. The number of amides is 1. The topological polar surface area (TPSA) is 98.3 Å². The molecular weight excluding hydrogens is 382 g/mol. The predicted molar refractivity (Wildman–Crippen MR) is 105 cm³/mol. The van der Waals surface area contributed by atoms with Crippen molar-refractivity contribution in [2.24, 2.45) is 0 Å². The lowest BCUT2D eigenvalue weighted by molar-refractivity contribution is 0.0950. The van der Waals surface area contributed by atoms with E-state index in [1.807, 2.05) is 12.1 Å². The Morgan fingerprint density at radius 2 is 1.86 bits per heavy atom. The summed E-state index contributed by atoms with van der Waals surface area (Å²) in [6.07, 6.45) is 6.24. The van der Waals surface area contributed by atoms with Gasteiger partial charge in [-0.1, -0.05) is 17.7 Å². The highest BCUT2D eigenvalue weighted by Crippen LogP contribution is 2.36. The van der Waals surface area contributed by atoms with Gasteiger partial charge < -0.3 is 20.1 Å². The van der Waals surface area contributed by atoms with Crippen LogP contribution in [-0.4, -0.2) is 35.1 Å². The van der Waals surface area contributed by atoms with E-state index in [-0.39, 0.29) is 5.91 Å². The number of pyridine rings is 1. The zero-order chi connectivity index (χ0) is 19.9. The van der Waals surface area contributed by atoms with Crippen LogP contribution in [-0.2, 0) is 6.54 Å². The SMILES string of the molecule is COc1cc(Nc2ncc(C(=O)NCc3cccnc3)cn2)c(OC)cc1Cl. The van der Waals surface area contributed by atoms with Crippen molar-refractivity contribution in [3.8, 4) is 11.5 Å². The van der Waals surface area contributed by atoms with Crippen molar-refractivity contribution in [1.29, 1.82) is 0 Å². The van der Waals surface area contributed by atoms with E-state index in [0.29, 0.717) is 40.3 Å². The molecule has 9 heteroatoms. The van der Waals surface area contributed by atoms with Crippen molar-refractivity contribution in [2.75, 3.05) is 19.5 Å². The Morgan fingerprint density at radius 1 is 1.11 bits per heavy atom. The molecule has 1 aromatic carbocycles. The summed E-state index contributed by atoms with van der Waals surface area (Å²) in [4.78, 5) is 24.6. The van der Waals surface area contributed by atoms with Gasteiger partial charge in [-0.15, -0.1) is 0 Å². The molecule has 0 bridgehead atoms. The maximum atomic E-state index is 12.2. The quantitative estimate of drug-likeness (QED) is 0.629. The van der Waals surface area contributed by atoms with Crippen molar-refractivity contribution in [2.45, 2.75) is 6.54 Å². The molecular formula is C19H18ClN5O3. The van der Waals surface area contributed by atoms with Gasteiger partial charge in [0.15, 0.2) is 0 Å². The Labute approximate surface area is 166 Å². The molecule has 2 heterocycles. The third-order valence-corrected chi connectivity index (χ3v) is 4.11. The van der Waals surface area contributed by atoms with E-state index in [2.05, 4.69) is 25.6 Å². The van der Waals surface area contributed by atoms with Crippen LogP contribution in [0.2, 0.25) is 5.02 Å². The number of benzene rings is 1. The Morgan fingerprint density at radius 3 is 2.50 bits per heavy atom. The van der Waals surface area contributed by atoms with Crippen LogP contribution in [0.1, 0.15) is 15.9 Å². The summed E-state index contributed by atoms with van der Waals surface area (Å²) in [5.41, 5.74) is 1.83. The zero-order valence-corrected chi connectivity index (χ0v) is 16.0. The number of nitrogens with zero attached hydrogens (tertiary/aromatic N) is 3. The lowest BCUT2D eigenvalue weighted by Crippen LogP contribution is -2.23. The molecule has 0 radical (unpaired) electrons. The van der Waals surface area contributed by atoms with Gasteiger partial charge in [-0.25, -0.2) is 9.97 Å². The summed E-state index contributed by atoms with van der Waals surface area (Å²) < 4.78 is 10.5. The van der Waals surface area contributed by atoms with Gasteiger partial charge in [-0.2, -0.15) is 0 Å². The second-order valence-corrected chi connectivity index (χ2v) is 6.06. The van der Waals surface area contributed by atoms with Gasteiger partial charge in [0, 0.05) is 43.5 Å². The minimum atomic E-state index is -0.277. The largest absolute Gasteiger partial charge is 0.495 e. The molecule has 0 spiro atoms. The standard InChI is InChI=1S/C19H18ClN5O3/c1-27-16-7-15(17(28-2)6-14(16)20)25-19-23-10-13(11-24-19)18(26)22-9-12-4-3-5-21-8-12/h3-8,10-11H,9H2,1-2H3,(H,22,26)(H,23,24,25). The Hall–Kier alpha value is -3.39. The molecule has 0 fully saturated rings. The average molecular weight is 400 g/mol. The molecule has 0 saturated heterocycles. The Bertz CT molecular complexity index is 952. The van der Waals surface area contributed by atoms with E-state index in [4.69, 9.17) is 21.1 Å². The van der Waals surface area contributed by atoms with Gasteiger partial charge in [-0.3, -0.25) is 9.78 Å². The van der Waals surface area contributed by atoms with Crippen molar-refractivity contribution < 1.29 is 14.3 Å². The highest BCUT2D eigenvalue weighted by atomic mass is 35.5. The number of anilines is 2. The lowest BCUT2D eigenvalue weighted by Gasteiger charge is -2.13. The van der Waals surface area contributed by atoms with E-state index in [1.165, 1.54) is 26.6 Å². The number of halogens is 1. The Kier molecular flexibility index (Phi) is 6.23. The van der Waals surface area contributed by atoms with Crippen molar-refractivity contribution in [1.82, 2.24) is 20.3 Å². The van der Waals surface area contributed by atoms with Crippen LogP contribution < -0.4 is 20.1 Å². The highest BCUT2D eigenvalue weighted by Gasteiger charge is 2.12. The number of methoxy groups -OCH3 is 2. The summed E-state index contributed by atoms with van der Waals surface area (Å²) in [7, 11) is 3.05. The van der Waals surface area contributed by atoms with E-state index >= 15 is 0 Å². The minimum absolute atomic E-state index is 0.277. The first-order valence-electron chi connectivity index (χ1n) is 8.28. The third-order valence-electron chi connectivity index (χ3n) is 3.81. The van der Waals surface area contributed by atoms with Crippen molar-refractivity contribution >= 4 is 29.1 Å². The van der Waals surface area contributed by atoms with Crippen LogP contribution in [0, 0.1) is 0 Å². The molecule has 0 aliphatic carbocycles. The number of carbonyl (C=O) groups is 1. The molecule has 3 rings (SSSR count). The van der Waals surface area contributed by atoms with Crippen LogP contribution in [0.4, 0.5) is 11.6 Å². The fourth-order valence-electron chi connectivity index (χ4n) is 2.38. The monoisotopic (exact) mass is 399 g/mol. The van der Waals surface area contributed by atoms with Crippen LogP contribution in [0.15, 0.2) is 49.1 Å². The third kappa shape index (κ3) is 4.66. The number of hydrogen-bond acceptors (Lipinski definition) is 7. The summed E-state index contributed by atoms with van der Waals surface area (Å²) in [5, 5.41) is 6.24. The van der Waals surface area contributed by atoms with Gasteiger partial charge in [0.05, 0.1) is 30.5 Å². The van der Waals surface area contributed by atoms with E-state index < -0.39 is 0 Å². The van der Waals surface area contributed by atoms with Crippen LogP contribution in [0.25, 0.3) is 0 Å². The fourth-order valence-corrected chi connectivity index (χ4v) is 2.61. The molecule has 0 atom stereocenters. The van der Waals surface area contributed by atoms with Crippen LogP contribution >= 0.6 is 11.6 Å². The smallest absolute Gasteiger partial charge is 0.254 e. The molecule has 0 unspecified atom stereocenters. The molecule has 2 N–H and O–H groups in total. The maximum Gasteiger partial charge on any atom is 0.254 e. The normalized spacial score (nSPS) is 10.2. The second kappa shape index (κ2) is 9.01. The van der Waals surface area contributed by atoms with Crippen molar-refractivity contribution in [3.63, 3.8) is 0 Å². The molecule has 144 valence electrons. The van der Waals surface area contributed by atoms with Crippen molar-refractivity contribution in [3.05, 3.63) is 65.2 Å². The number of rotatable bonds is 7. The van der Waals surface area contributed by atoms with Gasteiger partial charge in [-0.05, 0) is 11.6 Å². The lowest BCUT2D eigenvalue weighted by atomic mass is 10.2. The molecule has 0 saturated carbocycles. The van der Waals surface area contributed by atoms with E-state index in [0.717, 1.165) is 5.56 Å². The molecule has 28 heavy (non-hydrogen) atoms. The Balaban J connectivity index is 1.68. The van der Waals surface area contributed by atoms with Gasteiger partial charge in [0.25, 0.3) is 5.91 Å². The zero-order valence-electron chi connectivity index (χ0n) is 15.3. The molecule has 3 aromatic rings. The summed E-state index contributed by atoms with van der Waals surface area (Å²) in [6.45, 7) is 0.369. The van der Waals surface area contributed by atoms with Crippen LogP contribution in [0.5, 0.6) is 11.5 Å². The first kappa shape index (κ1) is 19.4. The summed E-state index contributed by atoms with van der Waals surface area (Å²) in [5.74, 6) is 1.01.